The van der Waals surface area contributed by atoms with E-state index in [2.05, 4.69) is 44.6 Å². The average Bonchev–Trinajstić information content (AvgIpc) is 3.48. The Morgan fingerprint density at radius 3 is 2.48 bits per heavy atom. The number of nitrogens with one attached hydrogen (secondary N) is 2. The maximum absolute atomic E-state index is 13.6. The molecule has 0 atom stereocenters. The number of piperazine rings is 1. The smallest absolute Gasteiger partial charge is 0.265 e. The molecular weight excluding hydrogens is 570 g/mol. The Hall–Kier alpha value is -4.80. The van der Waals surface area contributed by atoms with Crippen molar-refractivity contribution in [2.24, 2.45) is 0 Å². The van der Waals surface area contributed by atoms with Gasteiger partial charge in [0.05, 0.1) is 16.1 Å². The largest absolute Gasteiger partial charge is 0.369 e. The van der Waals surface area contributed by atoms with Gasteiger partial charge in [-0.05, 0) is 73.5 Å². The Balaban J connectivity index is 1.04. The molecule has 0 aliphatic carbocycles. The molecule has 0 unspecified atom stereocenters. The van der Waals surface area contributed by atoms with Crippen LogP contribution >= 0.6 is 11.3 Å². The highest BCUT2D eigenvalue weighted by molar-refractivity contribution is 7.20. The van der Waals surface area contributed by atoms with Crippen LogP contribution in [0.15, 0.2) is 79.0 Å². The molecule has 0 spiro atoms. The summed E-state index contributed by atoms with van der Waals surface area (Å²) in [4.78, 5) is 43.0. The molecule has 9 nitrogen and oxygen atoms in total. The summed E-state index contributed by atoms with van der Waals surface area (Å²) in [6.45, 7) is 6.62. The molecule has 0 saturated carbocycles. The van der Waals surface area contributed by atoms with Gasteiger partial charge in [-0.1, -0.05) is 24.3 Å². The Morgan fingerprint density at radius 2 is 1.68 bits per heavy atom. The summed E-state index contributed by atoms with van der Waals surface area (Å²) in [6.07, 6.45) is 2.21. The molecule has 2 amide bonds. The number of amides is 2. The molecule has 5 aromatic rings. The highest BCUT2D eigenvalue weighted by Crippen LogP contribution is 2.31. The lowest BCUT2D eigenvalue weighted by atomic mass is 10.0. The summed E-state index contributed by atoms with van der Waals surface area (Å²) in [6, 6.07) is 23.8. The number of aryl methyl sites for hydroxylation is 1. The lowest BCUT2D eigenvalue weighted by molar-refractivity contribution is 0.0978. The van der Waals surface area contributed by atoms with E-state index in [0.717, 1.165) is 58.9 Å². The van der Waals surface area contributed by atoms with E-state index in [1.807, 2.05) is 67.6 Å². The second-order valence-electron chi connectivity index (χ2n) is 11.3. The SMILES string of the molecule is Cc1ccc(NC(=O)c2cc3ccccc3s2)cc1N1CCc2nc(Nc3ccc(N4CCN(C)CC4)cc3)ncc2C1=O. The number of rotatable bonds is 6. The molecule has 1 fully saturated rings. The third-order valence-corrected chi connectivity index (χ3v) is 9.43. The lowest BCUT2D eigenvalue weighted by Gasteiger charge is -2.34. The molecule has 222 valence electrons. The third-order valence-electron chi connectivity index (χ3n) is 8.31. The molecule has 10 heteroatoms. The Bertz CT molecular complexity index is 1830. The molecule has 2 aliphatic rings. The summed E-state index contributed by atoms with van der Waals surface area (Å²) in [5.41, 5.74) is 5.67. The summed E-state index contributed by atoms with van der Waals surface area (Å²) >= 11 is 1.46. The second-order valence-corrected chi connectivity index (χ2v) is 12.4. The van der Waals surface area contributed by atoms with Crippen LogP contribution in [0.4, 0.5) is 28.7 Å². The number of benzene rings is 3. The zero-order chi connectivity index (χ0) is 30.2. The summed E-state index contributed by atoms with van der Waals surface area (Å²) in [7, 11) is 2.16. The minimum atomic E-state index is -0.168. The van der Waals surface area contributed by atoms with Crippen molar-refractivity contribution >= 4 is 61.9 Å². The van der Waals surface area contributed by atoms with Crippen LogP contribution in [-0.2, 0) is 6.42 Å². The summed E-state index contributed by atoms with van der Waals surface area (Å²) in [5.74, 6) is 0.156. The first-order chi connectivity index (χ1) is 21.4. The van der Waals surface area contributed by atoms with Gasteiger partial charge >= 0.3 is 0 Å². The van der Waals surface area contributed by atoms with Crippen LogP contribution in [0, 0.1) is 6.92 Å². The zero-order valence-electron chi connectivity index (χ0n) is 24.7. The topological polar surface area (TPSA) is 93.7 Å². The van der Waals surface area contributed by atoms with Gasteiger partial charge in [0.15, 0.2) is 0 Å². The molecule has 2 aromatic heterocycles. The van der Waals surface area contributed by atoms with Crippen LogP contribution in [-0.4, -0.2) is 66.5 Å². The number of aromatic nitrogens is 2. The zero-order valence-corrected chi connectivity index (χ0v) is 25.5. The third kappa shape index (κ3) is 5.61. The van der Waals surface area contributed by atoms with Gasteiger partial charge in [0.25, 0.3) is 11.8 Å². The van der Waals surface area contributed by atoms with Gasteiger partial charge < -0.3 is 25.3 Å². The van der Waals surface area contributed by atoms with Crippen molar-refractivity contribution in [2.75, 3.05) is 60.2 Å². The minimum Gasteiger partial charge on any atom is -0.369 e. The first-order valence-corrected chi connectivity index (χ1v) is 15.6. The van der Waals surface area contributed by atoms with Crippen LogP contribution in [0.25, 0.3) is 10.1 Å². The molecule has 1 saturated heterocycles. The van der Waals surface area contributed by atoms with Gasteiger partial charge in [-0.2, -0.15) is 0 Å². The van der Waals surface area contributed by atoms with Gasteiger partial charge in [0, 0.05) is 72.8 Å². The van der Waals surface area contributed by atoms with Crippen molar-refractivity contribution in [3.8, 4) is 0 Å². The van der Waals surface area contributed by atoms with E-state index in [1.54, 1.807) is 11.1 Å². The van der Waals surface area contributed by atoms with E-state index >= 15 is 0 Å². The van der Waals surface area contributed by atoms with Crippen LogP contribution in [0.1, 0.15) is 31.3 Å². The van der Waals surface area contributed by atoms with E-state index in [1.165, 1.54) is 17.0 Å². The molecular formula is C34H33N7O2S. The number of fused-ring (bicyclic) bond motifs is 2. The quantitative estimate of drug-likeness (QED) is 0.248. The Morgan fingerprint density at radius 1 is 0.909 bits per heavy atom. The molecule has 44 heavy (non-hydrogen) atoms. The number of carbonyl (C=O) groups is 2. The van der Waals surface area contributed by atoms with Crippen LogP contribution in [0.2, 0.25) is 0 Å². The lowest BCUT2D eigenvalue weighted by Crippen LogP contribution is -2.44. The minimum absolute atomic E-state index is 0.148. The highest BCUT2D eigenvalue weighted by Gasteiger charge is 2.28. The Labute approximate surface area is 260 Å². The maximum Gasteiger partial charge on any atom is 0.265 e. The molecule has 7 rings (SSSR count). The standard InChI is InChI=1S/C34H33N7O2S/c1-22-7-8-25(36-32(42)31-19-23-5-3-4-6-30(23)44-31)20-29(22)41-14-13-28-27(33(41)43)21-35-34(38-28)37-24-9-11-26(12-10-24)40-17-15-39(2)16-18-40/h3-12,19-21H,13-18H2,1-2H3,(H,36,42)(H,35,37,38). The van der Waals surface area contributed by atoms with Crippen molar-refractivity contribution in [1.29, 1.82) is 0 Å². The molecule has 0 bridgehead atoms. The summed E-state index contributed by atoms with van der Waals surface area (Å²) in [5, 5.41) is 7.35. The average molecular weight is 604 g/mol. The van der Waals surface area contributed by atoms with Crippen LogP contribution in [0.3, 0.4) is 0 Å². The number of thiophene rings is 1. The number of hydrogen-bond acceptors (Lipinski definition) is 8. The molecule has 3 aromatic carbocycles. The molecule has 2 N–H and O–H groups in total. The normalized spacial score (nSPS) is 15.4. The fourth-order valence-corrected chi connectivity index (χ4v) is 6.71. The molecule has 4 heterocycles. The van der Waals surface area contributed by atoms with Gasteiger partial charge in [0.2, 0.25) is 5.95 Å². The first-order valence-electron chi connectivity index (χ1n) is 14.8. The number of hydrogen-bond donors (Lipinski definition) is 2. The van der Waals surface area contributed by atoms with Crippen LogP contribution in [0.5, 0.6) is 0 Å². The van der Waals surface area contributed by atoms with Crippen molar-refractivity contribution < 1.29 is 9.59 Å². The van der Waals surface area contributed by atoms with E-state index in [9.17, 15) is 9.59 Å². The van der Waals surface area contributed by atoms with E-state index in [-0.39, 0.29) is 11.8 Å². The maximum atomic E-state index is 13.6. The van der Waals surface area contributed by atoms with Crippen LogP contribution < -0.4 is 20.4 Å². The van der Waals surface area contributed by atoms with Crippen molar-refractivity contribution in [3.05, 3.63) is 101 Å². The number of nitrogens with zero attached hydrogens (tertiary/aromatic N) is 5. The number of likely N-dealkylation sites (N-methyl/N-ethyl adjacent to an activating group) is 1. The van der Waals surface area contributed by atoms with Gasteiger partial charge in [-0.25, -0.2) is 9.97 Å². The number of carbonyl (C=O) groups excluding carboxylic acids is 2. The second kappa shape index (κ2) is 11.7. The fraction of sp³-hybridized carbons (Fsp3) is 0.235. The van der Waals surface area contributed by atoms with Gasteiger partial charge in [0.1, 0.15) is 0 Å². The van der Waals surface area contributed by atoms with Crippen molar-refractivity contribution in [3.63, 3.8) is 0 Å². The Kier molecular flexibility index (Phi) is 7.45. The van der Waals surface area contributed by atoms with E-state index < -0.39 is 0 Å². The molecule has 0 radical (unpaired) electrons. The van der Waals surface area contributed by atoms with E-state index in [4.69, 9.17) is 4.98 Å². The predicted octanol–water partition coefficient (Wildman–Crippen LogP) is 5.95. The predicted molar refractivity (Wildman–Crippen MR) is 178 cm³/mol. The van der Waals surface area contributed by atoms with Gasteiger partial charge in [-0.15, -0.1) is 11.3 Å². The summed E-state index contributed by atoms with van der Waals surface area (Å²) < 4.78 is 1.07. The molecule has 2 aliphatic heterocycles. The fourth-order valence-electron chi connectivity index (χ4n) is 5.75. The van der Waals surface area contributed by atoms with Gasteiger partial charge in [-0.3, -0.25) is 9.59 Å². The monoisotopic (exact) mass is 603 g/mol. The van der Waals surface area contributed by atoms with Crippen molar-refractivity contribution in [2.45, 2.75) is 13.3 Å². The van der Waals surface area contributed by atoms with Crippen molar-refractivity contribution in [1.82, 2.24) is 14.9 Å². The number of anilines is 5. The highest BCUT2D eigenvalue weighted by atomic mass is 32.1. The first kappa shape index (κ1) is 28.0. The van der Waals surface area contributed by atoms with E-state index in [0.29, 0.717) is 35.0 Å².